The third-order valence-corrected chi connectivity index (χ3v) is 4.02. The minimum atomic E-state index is 0. The van der Waals surface area contributed by atoms with E-state index >= 15 is 0 Å². The van der Waals surface area contributed by atoms with Crippen LogP contribution in [0.2, 0.25) is 0 Å². The van der Waals surface area contributed by atoms with Crippen LogP contribution in [0.4, 0.5) is 0 Å². The van der Waals surface area contributed by atoms with Gasteiger partial charge in [0.2, 0.25) is 0 Å². The topological polar surface area (TPSA) is 21.3 Å². The quantitative estimate of drug-likeness (QED) is 0.922. The van der Waals surface area contributed by atoms with Gasteiger partial charge >= 0.3 is 0 Å². The van der Waals surface area contributed by atoms with E-state index in [0.717, 1.165) is 24.2 Å². The lowest BCUT2D eigenvalue weighted by molar-refractivity contribution is 0.105. The van der Waals surface area contributed by atoms with Crippen molar-refractivity contribution >= 4 is 39.7 Å². The second-order valence-corrected chi connectivity index (χ2v) is 5.45. The molecule has 0 bridgehead atoms. The highest BCUT2D eigenvalue weighted by Crippen LogP contribution is 2.20. The van der Waals surface area contributed by atoms with Crippen LogP contribution in [0.1, 0.15) is 17.7 Å². The van der Waals surface area contributed by atoms with Gasteiger partial charge in [-0.05, 0) is 41.4 Å². The van der Waals surface area contributed by atoms with Gasteiger partial charge in [-0.3, -0.25) is 0 Å². The molecule has 15 heavy (non-hydrogen) atoms. The first kappa shape index (κ1) is 13.5. The molecule has 2 rings (SSSR count). The van der Waals surface area contributed by atoms with E-state index in [1.54, 1.807) is 11.3 Å². The Bertz CT molecular complexity index is 289. The van der Waals surface area contributed by atoms with E-state index < -0.39 is 0 Å². The SMILES string of the molecule is Brc1csc(COCC2CCCN2)c1.Cl. The van der Waals surface area contributed by atoms with Crippen molar-refractivity contribution < 1.29 is 4.74 Å². The fourth-order valence-corrected chi connectivity index (χ4v) is 3.02. The highest BCUT2D eigenvalue weighted by molar-refractivity contribution is 9.10. The molecule has 0 aliphatic carbocycles. The van der Waals surface area contributed by atoms with Crippen molar-refractivity contribution in [2.24, 2.45) is 0 Å². The summed E-state index contributed by atoms with van der Waals surface area (Å²) in [5.41, 5.74) is 0. The van der Waals surface area contributed by atoms with Gasteiger partial charge in [-0.15, -0.1) is 23.7 Å². The summed E-state index contributed by atoms with van der Waals surface area (Å²) in [5, 5.41) is 5.51. The third kappa shape index (κ3) is 4.41. The van der Waals surface area contributed by atoms with Gasteiger partial charge in [0.05, 0.1) is 13.2 Å². The third-order valence-electron chi connectivity index (χ3n) is 2.35. The molecule has 1 N–H and O–H groups in total. The van der Waals surface area contributed by atoms with Gasteiger partial charge < -0.3 is 10.1 Å². The summed E-state index contributed by atoms with van der Waals surface area (Å²) in [7, 11) is 0. The summed E-state index contributed by atoms with van der Waals surface area (Å²) in [4.78, 5) is 1.29. The molecule has 0 amide bonds. The molecule has 86 valence electrons. The van der Waals surface area contributed by atoms with Crippen LogP contribution in [0.25, 0.3) is 0 Å². The first-order valence-electron chi connectivity index (χ1n) is 4.88. The molecule has 2 nitrogen and oxygen atoms in total. The van der Waals surface area contributed by atoms with Crippen molar-refractivity contribution in [3.05, 3.63) is 20.8 Å². The highest BCUT2D eigenvalue weighted by Gasteiger charge is 2.13. The van der Waals surface area contributed by atoms with Crippen molar-refractivity contribution in [3.63, 3.8) is 0 Å². The summed E-state index contributed by atoms with van der Waals surface area (Å²) in [6, 6.07) is 2.70. The van der Waals surface area contributed by atoms with Gasteiger partial charge in [0.1, 0.15) is 0 Å². The molecule has 0 radical (unpaired) electrons. The van der Waals surface area contributed by atoms with Crippen molar-refractivity contribution in [3.8, 4) is 0 Å². The molecule has 1 unspecified atom stereocenters. The van der Waals surface area contributed by atoms with Gasteiger partial charge in [-0.1, -0.05) is 0 Å². The van der Waals surface area contributed by atoms with E-state index in [0.29, 0.717) is 6.04 Å². The Kier molecular flexibility index (Phi) is 6.16. The van der Waals surface area contributed by atoms with Crippen LogP contribution in [0.5, 0.6) is 0 Å². The Morgan fingerprint density at radius 3 is 3.07 bits per heavy atom. The molecule has 0 spiro atoms. The average molecular weight is 313 g/mol. The Labute approximate surface area is 109 Å². The van der Waals surface area contributed by atoms with Gasteiger partial charge in [-0.25, -0.2) is 0 Å². The van der Waals surface area contributed by atoms with Gasteiger partial charge in [0.15, 0.2) is 0 Å². The second-order valence-electron chi connectivity index (χ2n) is 3.54. The van der Waals surface area contributed by atoms with Crippen LogP contribution in [-0.4, -0.2) is 19.2 Å². The van der Waals surface area contributed by atoms with Crippen LogP contribution in [0.15, 0.2) is 15.9 Å². The normalized spacial score (nSPS) is 20.2. The van der Waals surface area contributed by atoms with E-state index in [4.69, 9.17) is 4.74 Å². The number of halogens is 2. The zero-order chi connectivity index (χ0) is 9.80. The van der Waals surface area contributed by atoms with Gasteiger partial charge in [0, 0.05) is 20.8 Å². The van der Waals surface area contributed by atoms with Crippen molar-refractivity contribution in [1.82, 2.24) is 5.32 Å². The molecule has 1 atom stereocenters. The number of nitrogens with one attached hydrogen (secondary N) is 1. The average Bonchev–Trinajstić information content (AvgIpc) is 2.77. The van der Waals surface area contributed by atoms with E-state index in [1.807, 2.05) is 0 Å². The Morgan fingerprint density at radius 1 is 1.60 bits per heavy atom. The fourth-order valence-electron chi connectivity index (χ4n) is 1.63. The van der Waals surface area contributed by atoms with E-state index in [-0.39, 0.29) is 12.4 Å². The van der Waals surface area contributed by atoms with Crippen LogP contribution >= 0.6 is 39.7 Å². The molecule has 0 aromatic carbocycles. The summed E-state index contributed by atoms with van der Waals surface area (Å²) >= 11 is 5.17. The first-order chi connectivity index (χ1) is 6.84. The fraction of sp³-hybridized carbons (Fsp3) is 0.600. The second kappa shape index (κ2) is 6.86. The number of hydrogen-bond donors (Lipinski definition) is 1. The lowest BCUT2D eigenvalue weighted by Gasteiger charge is -2.09. The van der Waals surface area contributed by atoms with Gasteiger partial charge in [-0.2, -0.15) is 0 Å². The maximum atomic E-state index is 5.64. The predicted molar refractivity (Wildman–Crippen MR) is 69.9 cm³/mol. The molecule has 1 aromatic heterocycles. The molecular formula is C10H15BrClNOS. The van der Waals surface area contributed by atoms with Crippen LogP contribution < -0.4 is 5.32 Å². The number of ether oxygens (including phenoxy) is 1. The maximum absolute atomic E-state index is 5.64. The number of rotatable bonds is 4. The Hall–Kier alpha value is 0.390. The Balaban J connectivity index is 0.00000112. The largest absolute Gasteiger partial charge is 0.374 e. The van der Waals surface area contributed by atoms with E-state index in [1.165, 1.54) is 17.7 Å². The molecule has 1 aliphatic rings. The Morgan fingerprint density at radius 2 is 2.47 bits per heavy atom. The molecule has 1 aliphatic heterocycles. The lowest BCUT2D eigenvalue weighted by atomic mass is 10.2. The zero-order valence-electron chi connectivity index (χ0n) is 8.37. The lowest BCUT2D eigenvalue weighted by Crippen LogP contribution is -2.26. The number of thiophene rings is 1. The smallest absolute Gasteiger partial charge is 0.0810 e. The summed E-state index contributed by atoms with van der Waals surface area (Å²) in [5.74, 6) is 0. The standard InChI is InChI=1S/C10H14BrNOS.ClH/c11-8-4-10(14-7-8)6-13-5-9-2-1-3-12-9;/h4,7,9,12H,1-3,5-6H2;1H. The maximum Gasteiger partial charge on any atom is 0.0810 e. The zero-order valence-corrected chi connectivity index (χ0v) is 11.6. The van der Waals surface area contributed by atoms with Crippen molar-refractivity contribution in [2.45, 2.75) is 25.5 Å². The van der Waals surface area contributed by atoms with Crippen LogP contribution in [0, 0.1) is 0 Å². The molecule has 1 aromatic rings. The van der Waals surface area contributed by atoms with E-state index in [2.05, 4.69) is 32.7 Å². The minimum Gasteiger partial charge on any atom is -0.374 e. The highest BCUT2D eigenvalue weighted by atomic mass is 79.9. The minimum absolute atomic E-state index is 0. The van der Waals surface area contributed by atoms with Crippen molar-refractivity contribution in [2.75, 3.05) is 13.2 Å². The monoisotopic (exact) mass is 311 g/mol. The molecule has 1 saturated heterocycles. The van der Waals surface area contributed by atoms with Gasteiger partial charge in [0.25, 0.3) is 0 Å². The van der Waals surface area contributed by atoms with E-state index in [9.17, 15) is 0 Å². The van der Waals surface area contributed by atoms with Crippen LogP contribution in [-0.2, 0) is 11.3 Å². The predicted octanol–water partition coefficient (Wildman–Crippen LogP) is 3.20. The number of hydrogen-bond acceptors (Lipinski definition) is 3. The molecule has 5 heteroatoms. The molecular weight excluding hydrogens is 298 g/mol. The summed E-state index contributed by atoms with van der Waals surface area (Å²) < 4.78 is 6.80. The summed E-state index contributed by atoms with van der Waals surface area (Å²) in [6.07, 6.45) is 2.55. The first-order valence-corrected chi connectivity index (χ1v) is 6.56. The molecule has 0 saturated carbocycles. The van der Waals surface area contributed by atoms with Crippen LogP contribution in [0.3, 0.4) is 0 Å². The van der Waals surface area contributed by atoms with Crippen molar-refractivity contribution in [1.29, 1.82) is 0 Å². The summed E-state index contributed by atoms with van der Waals surface area (Å²) in [6.45, 7) is 2.74. The molecule has 2 heterocycles. The molecule has 1 fully saturated rings.